The molecular weight excluding hydrogens is 559 g/mol. The second kappa shape index (κ2) is 11.2. The molecule has 1 amide bonds. The summed E-state index contributed by atoms with van der Waals surface area (Å²) in [6.45, 7) is 0.599. The van der Waals surface area contributed by atoms with Gasteiger partial charge in [0.25, 0.3) is 0 Å². The van der Waals surface area contributed by atoms with E-state index in [-0.39, 0.29) is 11.6 Å². The molecule has 0 spiro atoms. The summed E-state index contributed by atoms with van der Waals surface area (Å²) < 4.78 is 70.7. The number of carbonyl (C=O) groups excluding carboxylic acids is 2. The third-order valence-electron chi connectivity index (χ3n) is 7.18. The van der Waals surface area contributed by atoms with Gasteiger partial charge in [-0.15, -0.1) is 0 Å². The van der Waals surface area contributed by atoms with Crippen LogP contribution in [-0.4, -0.2) is 57.7 Å². The molecule has 0 aliphatic carbocycles. The molecule has 0 aromatic heterocycles. The highest BCUT2D eigenvalue weighted by Gasteiger charge is 2.45. The number of hydrogen-bond donors (Lipinski definition) is 1. The molecule has 13 heteroatoms. The molecule has 2 fully saturated rings. The fourth-order valence-electron chi connectivity index (χ4n) is 5.38. The lowest BCUT2D eigenvalue weighted by Crippen LogP contribution is -2.48. The third-order valence-corrected chi connectivity index (χ3v) is 8.12. The Morgan fingerprint density at radius 1 is 1.05 bits per heavy atom. The number of rotatable bonds is 6. The van der Waals surface area contributed by atoms with E-state index >= 15 is 0 Å². The number of amides is 1. The number of nitrogens with one attached hydrogen (secondary N) is 1. The predicted molar refractivity (Wildman–Crippen MR) is 141 cm³/mol. The van der Waals surface area contributed by atoms with Crippen molar-refractivity contribution in [1.82, 2.24) is 4.90 Å². The van der Waals surface area contributed by atoms with Gasteiger partial charge in [0.2, 0.25) is 15.9 Å². The molecule has 2 heterocycles. The van der Waals surface area contributed by atoms with Crippen LogP contribution >= 0.6 is 11.6 Å². The Balaban J connectivity index is 1.56. The highest BCUT2D eigenvalue weighted by atomic mass is 35.5. The lowest BCUT2D eigenvalue weighted by Gasteiger charge is -2.38. The van der Waals surface area contributed by atoms with Crippen molar-refractivity contribution in [3.63, 3.8) is 0 Å². The molecule has 8 nitrogen and oxygen atoms in total. The average Bonchev–Trinajstić information content (AvgIpc) is 3.31. The number of likely N-dealkylation sites (tertiary alicyclic amines) is 1. The summed E-state index contributed by atoms with van der Waals surface area (Å²) in [7, 11) is -2.57. The first-order valence-electron chi connectivity index (χ1n) is 12.4. The number of alkyl halides is 3. The lowest BCUT2D eigenvalue weighted by molar-refractivity contribution is -0.154. The number of piperidine rings is 1. The van der Waals surface area contributed by atoms with Crippen molar-refractivity contribution in [3.05, 3.63) is 58.6 Å². The van der Waals surface area contributed by atoms with Crippen LogP contribution in [0.2, 0.25) is 5.02 Å². The predicted octanol–water partition coefficient (Wildman–Crippen LogP) is 4.85. The molecule has 1 N–H and O–H groups in total. The smallest absolute Gasteiger partial charge is 0.416 e. The first-order chi connectivity index (χ1) is 18.3. The Hall–Kier alpha value is -2.99. The van der Waals surface area contributed by atoms with E-state index in [0.29, 0.717) is 49.5 Å². The fraction of sp³-hybridized carbons (Fsp3) is 0.462. The first-order valence-corrected chi connectivity index (χ1v) is 14.7. The summed E-state index contributed by atoms with van der Waals surface area (Å²) in [5.74, 6) is -1.16. The van der Waals surface area contributed by atoms with Gasteiger partial charge in [0, 0.05) is 24.0 Å². The number of hydrogen-bond acceptors (Lipinski definition) is 6. The van der Waals surface area contributed by atoms with Crippen LogP contribution < -0.4 is 9.62 Å². The summed E-state index contributed by atoms with van der Waals surface area (Å²) in [4.78, 5) is 29.7. The van der Waals surface area contributed by atoms with Crippen LogP contribution in [0.4, 0.5) is 24.5 Å². The molecule has 0 unspecified atom stereocenters. The quantitative estimate of drug-likeness (QED) is 0.486. The van der Waals surface area contributed by atoms with E-state index in [1.807, 2.05) is 12.1 Å². The molecule has 0 saturated carbocycles. The van der Waals surface area contributed by atoms with Gasteiger partial charge in [0.1, 0.15) is 6.04 Å². The van der Waals surface area contributed by atoms with E-state index in [0.717, 1.165) is 24.0 Å². The number of sulfonamides is 1. The maximum atomic E-state index is 13.8. The average molecular weight is 588 g/mol. The molecule has 2 atom stereocenters. The van der Waals surface area contributed by atoms with Crippen molar-refractivity contribution < 1.29 is 35.9 Å². The SMILES string of the molecule is COC(=O)[C@@H]1CC[C@H](c2ccccc2Cl)N1C(=O)C1CCN(c2ccc(C(F)(F)F)cc2NS(C)(=O)=O)CC1. The van der Waals surface area contributed by atoms with Gasteiger partial charge in [-0.1, -0.05) is 29.8 Å². The van der Waals surface area contributed by atoms with Crippen molar-refractivity contribution in [2.75, 3.05) is 36.1 Å². The summed E-state index contributed by atoms with van der Waals surface area (Å²) in [5, 5.41) is 0.494. The van der Waals surface area contributed by atoms with Gasteiger partial charge in [-0.25, -0.2) is 13.2 Å². The van der Waals surface area contributed by atoms with E-state index in [1.54, 1.807) is 21.9 Å². The summed E-state index contributed by atoms with van der Waals surface area (Å²) >= 11 is 6.43. The number of ether oxygens (including phenoxy) is 1. The molecule has 2 saturated heterocycles. The lowest BCUT2D eigenvalue weighted by atomic mass is 9.93. The van der Waals surface area contributed by atoms with Crippen molar-refractivity contribution in [2.45, 2.75) is 43.9 Å². The number of carbonyl (C=O) groups is 2. The van der Waals surface area contributed by atoms with Crippen LogP contribution in [0.3, 0.4) is 0 Å². The maximum Gasteiger partial charge on any atom is 0.416 e. The summed E-state index contributed by atoms with van der Waals surface area (Å²) in [5.41, 5.74) is -0.114. The maximum absolute atomic E-state index is 13.8. The number of benzene rings is 2. The van der Waals surface area contributed by atoms with Crippen molar-refractivity contribution in [2.24, 2.45) is 5.92 Å². The van der Waals surface area contributed by atoms with E-state index in [1.165, 1.54) is 13.2 Å². The molecule has 2 aliphatic rings. The van der Waals surface area contributed by atoms with E-state index in [9.17, 15) is 31.2 Å². The van der Waals surface area contributed by atoms with Gasteiger partial charge < -0.3 is 14.5 Å². The van der Waals surface area contributed by atoms with Gasteiger partial charge in [0.15, 0.2) is 0 Å². The summed E-state index contributed by atoms with van der Waals surface area (Å²) in [6, 6.07) is 8.93. The number of anilines is 2. The van der Waals surface area contributed by atoms with Crippen LogP contribution in [0.25, 0.3) is 0 Å². The number of esters is 1. The molecule has 0 radical (unpaired) electrons. The Kier molecular flexibility index (Phi) is 8.36. The normalized spacial score (nSPS) is 20.7. The van der Waals surface area contributed by atoms with Crippen LogP contribution in [0.5, 0.6) is 0 Å². The van der Waals surface area contributed by atoms with Gasteiger partial charge in [-0.2, -0.15) is 13.2 Å². The Morgan fingerprint density at radius 2 is 1.72 bits per heavy atom. The van der Waals surface area contributed by atoms with Crippen molar-refractivity contribution in [3.8, 4) is 0 Å². The number of methoxy groups -OCH3 is 1. The van der Waals surface area contributed by atoms with Crippen LogP contribution in [0.15, 0.2) is 42.5 Å². The zero-order valence-electron chi connectivity index (χ0n) is 21.4. The molecule has 2 aromatic carbocycles. The Morgan fingerprint density at radius 3 is 2.31 bits per heavy atom. The standard InChI is InChI=1S/C26H29ClF3N3O5S/c1-38-25(35)23-10-9-21(18-5-3-4-6-19(18)27)33(23)24(34)16-11-13-32(14-12-16)22-8-7-17(26(28,29)30)15-20(22)31-39(2,36)37/h3-8,15-16,21,23,31H,9-14H2,1-2H3/t21-,23+/m1/s1. The molecule has 4 rings (SSSR count). The van der Waals surface area contributed by atoms with Crippen molar-refractivity contribution in [1.29, 1.82) is 0 Å². The van der Waals surface area contributed by atoms with Gasteiger partial charge >= 0.3 is 12.1 Å². The fourth-order valence-corrected chi connectivity index (χ4v) is 6.21. The number of nitrogens with zero attached hydrogens (tertiary/aromatic N) is 2. The van der Waals surface area contributed by atoms with Crippen LogP contribution in [0, 0.1) is 5.92 Å². The molecule has 2 aliphatic heterocycles. The molecule has 0 bridgehead atoms. The zero-order valence-corrected chi connectivity index (χ0v) is 22.9. The monoisotopic (exact) mass is 587 g/mol. The topological polar surface area (TPSA) is 96.0 Å². The first kappa shape index (κ1) is 29.0. The highest BCUT2D eigenvalue weighted by Crippen LogP contribution is 2.42. The van der Waals surface area contributed by atoms with Gasteiger partial charge in [0.05, 0.1) is 36.3 Å². The largest absolute Gasteiger partial charge is 0.467 e. The minimum Gasteiger partial charge on any atom is -0.467 e. The molecule has 39 heavy (non-hydrogen) atoms. The minimum atomic E-state index is -4.64. The van der Waals surface area contributed by atoms with Gasteiger partial charge in [-0.3, -0.25) is 9.52 Å². The van der Waals surface area contributed by atoms with E-state index < -0.39 is 45.7 Å². The third kappa shape index (κ3) is 6.43. The second-order valence-electron chi connectivity index (χ2n) is 9.76. The molecule has 212 valence electrons. The van der Waals surface area contributed by atoms with Gasteiger partial charge in [-0.05, 0) is 55.5 Å². The highest BCUT2D eigenvalue weighted by molar-refractivity contribution is 7.92. The minimum absolute atomic E-state index is 0.179. The molecule has 2 aromatic rings. The van der Waals surface area contributed by atoms with E-state index in [2.05, 4.69) is 4.72 Å². The Labute approximate surface area is 230 Å². The Bertz CT molecular complexity index is 1350. The van der Waals surface area contributed by atoms with E-state index in [4.69, 9.17) is 16.3 Å². The number of halogens is 4. The van der Waals surface area contributed by atoms with Crippen LogP contribution in [0.1, 0.15) is 42.9 Å². The zero-order chi connectivity index (χ0) is 28.5. The summed E-state index contributed by atoms with van der Waals surface area (Å²) in [6.07, 6.45) is -2.09. The van der Waals surface area contributed by atoms with Crippen LogP contribution in [-0.2, 0) is 30.5 Å². The second-order valence-corrected chi connectivity index (χ2v) is 11.9. The van der Waals surface area contributed by atoms with Crippen molar-refractivity contribution >= 4 is 44.9 Å². The molecular formula is C26H29ClF3N3O5S.